The van der Waals surface area contributed by atoms with E-state index >= 15 is 0 Å². The van der Waals surface area contributed by atoms with Crippen molar-refractivity contribution in [1.29, 1.82) is 0 Å². The standard InChI is InChI=1S/C22H26N4O3/c1-22(29,11-13-25(2)15-27)10-9-16-6-5-7-17(14-16)19-18-8-3-4-12-26(18)21(24-19)20(23)28/h5-7,14-15,29H,3-4,8,11-13H2,1-2H3,(H2,23,28)/t22-/m0/s1. The van der Waals surface area contributed by atoms with Gasteiger partial charge >= 0.3 is 0 Å². The number of amides is 2. The number of aromatic nitrogens is 2. The van der Waals surface area contributed by atoms with E-state index in [9.17, 15) is 14.7 Å². The molecular weight excluding hydrogens is 368 g/mol. The topological polar surface area (TPSA) is 101 Å². The van der Waals surface area contributed by atoms with Crippen molar-refractivity contribution in [2.75, 3.05) is 13.6 Å². The molecule has 0 radical (unpaired) electrons. The highest BCUT2D eigenvalue weighted by molar-refractivity contribution is 5.90. The average Bonchev–Trinajstić information content (AvgIpc) is 3.11. The van der Waals surface area contributed by atoms with E-state index in [1.807, 2.05) is 28.8 Å². The molecule has 0 fully saturated rings. The number of carbonyl (C=O) groups is 2. The second-order valence-corrected chi connectivity index (χ2v) is 7.64. The molecule has 152 valence electrons. The number of rotatable bonds is 6. The van der Waals surface area contributed by atoms with Crippen molar-refractivity contribution >= 4 is 12.3 Å². The van der Waals surface area contributed by atoms with Gasteiger partial charge in [0.15, 0.2) is 5.82 Å². The molecule has 1 atom stereocenters. The third-order valence-corrected chi connectivity index (χ3v) is 5.08. The van der Waals surface area contributed by atoms with Crippen LogP contribution in [0, 0.1) is 11.8 Å². The van der Waals surface area contributed by atoms with Crippen molar-refractivity contribution < 1.29 is 14.7 Å². The molecule has 0 aliphatic carbocycles. The quantitative estimate of drug-likeness (QED) is 0.573. The maximum atomic E-state index is 11.8. The van der Waals surface area contributed by atoms with Gasteiger partial charge < -0.3 is 20.3 Å². The number of hydrogen-bond acceptors (Lipinski definition) is 4. The summed E-state index contributed by atoms with van der Waals surface area (Å²) >= 11 is 0. The van der Waals surface area contributed by atoms with Gasteiger partial charge in [0.05, 0.1) is 5.69 Å². The molecule has 0 saturated heterocycles. The van der Waals surface area contributed by atoms with Crippen molar-refractivity contribution in [3.63, 3.8) is 0 Å². The number of benzene rings is 1. The zero-order chi connectivity index (χ0) is 21.0. The smallest absolute Gasteiger partial charge is 0.284 e. The molecule has 1 aliphatic heterocycles. The van der Waals surface area contributed by atoms with Crippen LogP contribution in [-0.4, -0.2) is 51.1 Å². The van der Waals surface area contributed by atoms with E-state index in [-0.39, 0.29) is 0 Å². The Morgan fingerprint density at radius 3 is 2.97 bits per heavy atom. The molecule has 2 aromatic rings. The third kappa shape index (κ3) is 4.84. The Hall–Kier alpha value is -3.11. The summed E-state index contributed by atoms with van der Waals surface area (Å²) in [7, 11) is 1.66. The van der Waals surface area contributed by atoms with E-state index in [1.54, 1.807) is 14.0 Å². The first-order valence-corrected chi connectivity index (χ1v) is 9.71. The van der Waals surface area contributed by atoms with Crippen LogP contribution in [0.1, 0.15) is 48.1 Å². The summed E-state index contributed by atoms with van der Waals surface area (Å²) in [5, 5.41) is 10.4. The number of imidazole rings is 1. The molecule has 0 unspecified atom stereocenters. The van der Waals surface area contributed by atoms with Crippen LogP contribution in [0.3, 0.4) is 0 Å². The van der Waals surface area contributed by atoms with E-state index in [1.165, 1.54) is 4.90 Å². The van der Waals surface area contributed by atoms with Gasteiger partial charge in [-0.2, -0.15) is 0 Å². The van der Waals surface area contributed by atoms with Crippen molar-refractivity contribution in [1.82, 2.24) is 14.5 Å². The number of carbonyl (C=O) groups excluding carboxylic acids is 2. The SMILES string of the molecule is CN(C=O)CC[C@@](C)(O)C#Cc1cccc(-c2nc(C(N)=O)n3c2CCCC3)c1. The molecule has 1 aromatic heterocycles. The van der Waals surface area contributed by atoms with E-state index in [0.29, 0.717) is 18.8 Å². The van der Waals surface area contributed by atoms with Crippen LogP contribution in [0.5, 0.6) is 0 Å². The molecule has 1 aliphatic rings. The van der Waals surface area contributed by atoms with Gasteiger partial charge in [-0.3, -0.25) is 9.59 Å². The maximum absolute atomic E-state index is 11.8. The molecule has 2 amide bonds. The molecule has 2 heterocycles. The predicted octanol–water partition coefficient (Wildman–Crippen LogP) is 1.57. The zero-order valence-corrected chi connectivity index (χ0v) is 16.8. The normalized spacial score (nSPS) is 14.9. The van der Waals surface area contributed by atoms with E-state index in [0.717, 1.165) is 54.7 Å². The van der Waals surface area contributed by atoms with Gasteiger partial charge in [0.1, 0.15) is 5.60 Å². The largest absolute Gasteiger partial charge is 0.378 e. The van der Waals surface area contributed by atoms with Gasteiger partial charge in [0.25, 0.3) is 5.91 Å². The molecule has 7 heteroatoms. The van der Waals surface area contributed by atoms with Crippen LogP contribution in [0.4, 0.5) is 0 Å². The second kappa shape index (κ2) is 8.50. The summed E-state index contributed by atoms with van der Waals surface area (Å²) in [6.07, 6.45) is 3.98. The molecule has 29 heavy (non-hydrogen) atoms. The zero-order valence-electron chi connectivity index (χ0n) is 16.8. The molecule has 7 nitrogen and oxygen atoms in total. The number of primary amides is 1. The highest BCUT2D eigenvalue weighted by Gasteiger charge is 2.23. The minimum atomic E-state index is -1.21. The molecule has 0 bridgehead atoms. The third-order valence-electron chi connectivity index (χ3n) is 5.08. The lowest BCUT2D eigenvalue weighted by atomic mass is 10.0. The Morgan fingerprint density at radius 2 is 2.24 bits per heavy atom. The summed E-state index contributed by atoms with van der Waals surface area (Å²) in [4.78, 5) is 28.5. The summed E-state index contributed by atoms with van der Waals surface area (Å²) in [6, 6.07) is 7.59. The van der Waals surface area contributed by atoms with E-state index < -0.39 is 11.5 Å². The Morgan fingerprint density at radius 1 is 1.45 bits per heavy atom. The lowest BCUT2D eigenvalue weighted by Gasteiger charge is -2.19. The van der Waals surface area contributed by atoms with Crippen molar-refractivity contribution in [3.05, 3.63) is 41.3 Å². The maximum Gasteiger partial charge on any atom is 0.284 e. The average molecular weight is 394 g/mol. The number of nitrogens with two attached hydrogens (primary N) is 1. The Bertz CT molecular complexity index is 982. The second-order valence-electron chi connectivity index (χ2n) is 7.64. The summed E-state index contributed by atoms with van der Waals surface area (Å²) in [6.45, 7) is 2.80. The van der Waals surface area contributed by atoms with Crippen molar-refractivity contribution in [2.24, 2.45) is 5.73 Å². The lowest BCUT2D eigenvalue weighted by Crippen LogP contribution is -2.29. The van der Waals surface area contributed by atoms with Crippen LogP contribution in [0.15, 0.2) is 24.3 Å². The fourth-order valence-corrected chi connectivity index (χ4v) is 3.42. The molecular formula is C22H26N4O3. The minimum absolute atomic E-state index is 0.299. The summed E-state index contributed by atoms with van der Waals surface area (Å²) < 4.78 is 1.92. The van der Waals surface area contributed by atoms with E-state index in [2.05, 4.69) is 16.8 Å². The lowest BCUT2D eigenvalue weighted by molar-refractivity contribution is -0.117. The number of aliphatic hydroxyl groups is 1. The van der Waals surface area contributed by atoms with Crippen molar-refractivity contribution in [2.45, 2.75) is 44.8 Å². The van der Waals surface area contributed by atoms with Crippen LogP contribution >= 0.6 is 0 Å². The first kappa shape index (κ1) is 20.6. The van der Waals surface area contributed by atoms with Gasteiger partial charge in [-0.05, 0) is 38.3 Å². The number of nitrogens with zero attached hydrogens (tertiary/aromatic N) is 3. The van der Waals surface area contributed by atoms with Gasteiger partial charge in [0, 0.05) is 43.4 Å². The monoisotopic (exact) mass is 394 g/mol. The Labute approximate surface area is 170 Å². The van der Waals surface area contributed by atoms with Gasteiger partial charge in [0.2, 0.25) is 6.41 Å². The van der Waals surface area contributed by atoms with Crippen LogP contribution in [0.25, 0.3) is 11.3 Å². The predicted molar refractivity (Wildman–Crippen MR) is 110 cm³/mol. The molecule has 0 saturated carbocycles. The van der Waals surface area contributed by atoms with Gasteiger partial charge in [-0.25, -0.2) is 4.98 Å². The molecule has 3 N–H and O–H groups in total. The summed E-state index contributed by atoms with van der Waals surface area (Å²) in [5.41, 5.74) is 7.71. The highest BCUT2D eigenvalue weighted by atomic mass is 16.3. The van der Waals surface area contributed by atoms with Crippen LogP contribution in [0.2, 0.25) is 0 Å². The van der Waals surface area contributed by atoms with Gasteiger partial charge in [-0.1, -0.05) is 24.0 Å². The van der Waals surface area contributed by atoms with Gasteiger partial charge in [-0.15, -0.1) is 0 Å². The van der Waals surface area contributed by atoms with Crippen LogP contribution in [-0.2, 0) is 17.8 Å². The first-order valence-electron chi connectivity index (χ1n) is 9.71. The Kier molecular flexibility index (Phi) is 6.04. The first-order chi connectivity index (χ1) is 13.8. The highest BCUT2D eigenvalue weighted by Crippen LogP contribution is 2.29. The fraction of sp³-hybridized carbons (Fsp3) is 0.409. The van der Waals surface area contributed by atoms with Crippen molar-refractivity contribution in [3.8, 4) is 23.1 Å². The number of fused-ring (bicyclic) bond motifs is 1. The molecule has 0 spiro atoms. The Balaban J connectivity index is 1.88. The molecule has 1 aromatic carbocycles. The summed E-state index contributed by atoms with van der Waals surface area (Å²) in [5.74, 6) is 5.67. The molecule has 3 rings (SSSR count). The minimum Gasteiger partial charge on any atom is -0.378 e. The van der Waals surface area contributed by atoms with E-state index in [4.69, 9.17) is 5.73 Å². The van der Waals surface area contributed by atoms with Crippen LogP contribution < -0.4 is 5.73 Å². The number of hydrogen-bond donors (Lipinski definition) is 2. The fourth-order valence-electron chi connectivity index (χ4n) is 3.42.